The molecule has 0 saturated heterocycles. The number of hydrogen-bond donors (Lipinski definition) is 1. The molecular formula is C18H12F5N5OS. The van der Waals surface area contributed by atoms with Gasteiger partial charge in [-0.05, 0) is 30.3 Å². The fraction of sp³-hybridized carbons (Fsp3) is 0.167. The number of aromatic nitrogens is 4. The highest BCUT2D eigenvalue weighted by atomic mass is 32.1. The number of benzene rings is 2. The van der Waals surface area contributed by atoms with Crippen molar-refractivity contribution in [2.45, 2.75) is 19.5 Å². The van der Waals surface area contributed by atoms with Crippen LogP contribution in [0.15, 0.2) is 42.6 Å². The minimum Gasteiger partial charge on any atom is -0.406 e. The van der Waals surface area contributed by atoms with E-state index in [2.05, 4.69) is 15.0 Å². The molecule has 2 heterocycles. The zero-order valence-corrected chi connectivity index (χ0v) is 15.8. The summed E-state index contributed by atoms with van der Waals surface area (Å²) in [5.74, 6) is -1.81. The van der Waals surface area contributed by atoms with E-state index in [0.717, 1.165) is 29.5 Å². The van der Waals surface area contributed by atoms with E-state index in [4.69, 9.17) is 5.41 Å². The zero-order chi connectivity index (χ0) is 21.5. The number of nitrogens with zero attached hydrogens (tertiary/aromatic N) is 4. The van der Waals surface area contributed by atoms with Gasteiger partial charge < -0.3 is 9.30 Å². The molecule has 0 aliphatic carbocycles. The van der Waals surface area contributed by atoms with E-state index in [-0.39, 0.29) is 28.4 Å². The first kappa shape index (κ1) is 20.0. The summed E-state index contributed by atoms with van der Waals surface area (Å²) >= 11 is 1.01. The largest absolute Gasteiger partial charge is 0.573 e. The van der Waals surface area contributed by atoms with E-state index < -0.39 is 18.0 Å². The van der Waals surface area contributed by atoms with Crippen LogP contribution in [0.5, 0.6) is 5.75 Å². The van der Waals surface area contributed by atoms with Crippen LogP contribution in [0.25, 0.3) is 21.5 Å². The minimum atomic E-state index is -4.79. The first-order valence-electron chi connectivity index (χ1n) is 8.48. The molecule has 4 rings (SSSR count). The Morgan fingerprint density at radius 3 is 2.47 bits per heavy atom. The number of thiazole rings is 1. The Kier molecular flexibility index (Phi) is 5.02. The predicted octanol–water partition coefficient (Wildman–Crippen LogP) is 4.32. The van der Waals surface area contributed by atoms with E-state index in [0.29, 0.717) is 16.8 Å². The number of fused-ring (bicyclic) bond motifs is 1. The summed E-state index contributed by atoms with van der Waals surface area (Å²) in [5.41, 5.74) is 1.10. The lowest BCUT2D eigenvalue weighted by atomic mass is 10.1. The molecule has 0 aliphatic rings. The molecule has 156 valence electrons. The Morgan fingerprint density at radius 2 is 1.77 bits per heavy atom. The SMILES string of the molecule is N=c1sc2cc(OC(F)(F)F)ccc2n1CCn1cc(-c2cc(F)cc(F)c2)nn1. The van der Waals surface area contributed by atoms with Gasteiger partial charge in [0.15, 0.2) is 4.80 Å². The molecule has 30 heavy (non-hydrogen) atoms. The van der Waals surface area contributed by atoms with Crippen LogP contribution in [0.4, 0.5) is 22.0 Å². The number of halogens is 5. The Hall–Kier alpha value is -3.28. The molecule has 2 aromatic carbocycles. The second-order valence-corrected chi connectivity index (χ2v) is 7.29. The molecule has 0 radical (unpaired) electrons. The Bertz CT molecular complexity index is 1260. The van der Waals surface area contributed by atoms with E-state index in [9.17, 15) is 22.0 Å². The maximum absolute atomic E-state index is 13.4. The Balaban J connectivity index is 1.53. The van der Waals surface area contributed by atoms with Crippen molar-refractivity contribution in [2.24, 2.45) is 0 Å². The van der Waals surface area contributed by atoms with Crippen LogP contribution >= 0.6 is 11.3 Å². The number of rotatable bonds is 5. The topological polar surface area (TPSA) is 68.7 Å². The summed E-state index contributed by atoms with van der Waals surface area (Å²) in [4.78, 5) is 0.140. The summed E-state index contributed by atoms with van der Waals surface area (Å²) in [6.45, 7) is 0.576. The Morgan fingerprint density at radius 1 is 1.03 bits per heavy atom. The smallest absolute Gasteiger partial charge is 0.406 e. The van der Waals surface area contributed by atoms with Gasteiger partial charge in [0.1, 0.15) is 23.1 Å². The molecule has 0 aliphatic heterocycles. The molecule has 0 bridgehead atoms. The molecule has 2 aromatic heterocycles. The molecule has 0 fully saturated rings. The first-order chi connectivity index (χ1) is 14.2. The highest BCUT2D eigenvalue weighted by Gasteiger charge is 2.31. The van der Waals surface area contributed by atoms with Gasteiger partial charge in [0.05, 0.1) is 23.0 Å². The molecule has 0 spiro atoms. The van der Waals surface area contributed by atoms with Crippen molar-refractivity contribution < 1.29 is 26.7 Å². The van der Waals surface area contributed by atoms with Crippen LogP contribution in [0.1, 0.15) is 0 Å². The third-order valence-electron chi connectivity index (χ3n) is 4.16. The van der Waals surface area contributed by atoms with Crippen molar-refractivity contribution in [2.75, 3.05) is 0 Å². The number of nitrogens with one attached hydrogen (secondary N) is 1. The highest BCUT2D eigenvalue weighted by Crippen LogP contribution is 2.28. The molecule has 0 amide bonds. The maximum Gasteiger partial charge on any atom is 0.573 e. The first-order valence-corrected chi connectivity index (χ1v) is 9.30. The summed E-state index contributed by atoms with van der Waals surface area (Å²) in [5, 5.41) is 15.9. The van der Waals surface area contributed by atoms with Crippen molar-refractivity contribution in [1.29, 1.82) is 5.41 Å². The van der Waals surface area contributed by atoms with Crippen molar-refractivity contribution >= 4 is 21.6 Å². The van der Waals surface area contributed by atoms with Crippen molar-refractivity contribution in [3.63, 3.8) is 0 Å². The molecule has 6 nitrogen and oxygen atoms in total. The van der Waals surface area contributed by atoms with Crippen molar-refractivity contribution in [1.82, 2.24) is 19.6 Å². The Labute approximate surface area is 169 Å². The van der Waals surface area contributed by atoms with Crippen molar-refractivity contribution in [3.05, 3.63) is 59.0 Å². The fourth-order valence-corrected chi connectivity index (χ4v) is 3.90. The molecule has 1 N–H and O–H groups in total. The lowest BCUT2D eigenvalue weighted by Crippen LogP contribution is -2.17. The van der Waals surface area contributed by atoms with Gasteiger partial charge in [0.25, 0.3) is 0 Å². The lowest BCUT2D eigenvalue weighted by Gasteiger charge is -2.09. The van der Waals surface area contributed by atoms with Gasteiger partial charge in [-0.25, -0.2) is 8.78 Å². The minimum absolute atomic E-state index is 0.140. The number of hydrogen-bond acceptors (Lipinski definition) is 5. The average molecular weight is 441 g/mol. The third kappa shape index (κ3) is 4.32. The van der Waals surface area contributed by atoms with Gasteiger partial charge in [0.2, 0.25) is 0 Å². The van der Waals surface area contributed by atoms with Crippen LogP contribution in [0.3, 0.4) is 0 Å². The predicted molar refractivity (Wildman–Crippen MR) is 97.7 cm³/mol. The summed E-state index contributed by atoms with van der Waals surface area (Å²) in [7, 11) is 0. The molecule has 12 heteroatoms. The van der Waals surface area contributed by atoms with E-state index in [1.165, 1.54) is 29.1 Å². The van der Waals surface area contributed by atoms with Crippen molar-refractivity contribution in [3.8, 4) is 17.0 Å². The van der Waals surface area contributed by atoms with E-state index in [1.807, 2.05) is 0 Å². The summed E-state index contributed by atoms with van der Waals surface area (Å²) in [6.07, 6.45) is -3.28. The molecular weight excluding hydrogens is 429 g/mol. The summed E-state index contributed by atoms with van der Waals surface area (Å²) in [6, 6.07) is 6.90. The number of ether oxygens (including phenoxy) is 1. The number of aryl methyl sites for hydroxylation is 2. The van der Waals surface area contributed by atoms with Crippen LogP contribution < -0.4 is 9.54 Å². The zero-order valence-electron chi connectivity index (χ0n) is 15.0. The van der Waals surface area contributed by atoms with Crippen LogP contribution in [0, 0.1) is 17.0 Å². The van der Waals surface area contributed by atoms with Gasteiger partial charge >= 0.3 is 6.36 Å². The average Bonchev–Trinajstić information content (AvgIpc) is 3.21. The van der Waals surface area contributed by atoms with Crippen LogP contribution in [-0.4, -0.2) is 25.9 Å². The molecule has 4 aromatic rings. The number of alkyl halides is 3. The monoisotopic (exact) mass is 441 g/mol. The van der Waals surface area contributed by atoms with Gasteiger partial charge in [-0.1, -0.05) is 16.6 Å². The second-order valence-electron chi connectivity index (χ2n) is 6.26. The third-order valence-corrected chi connectivity index (χ3v) is 5.12. The highest BCUT2D eigenvalue weighted by molar-refractivity contribution is 7.16. The van der Waals surface area contributed by atoms with E-state index in [1.54, 1.807) is 4.57 Å². The molecule has 0 unspecified atom stereocenters. The van der Waals surface area contributed by atoms with Gasteiger partial charge in [-0.15, -0.1) is 18.3 Å². The molecule has 0 atom stereocenters. The fourth-order valence-electron chi connectivity index (χ4n) is 2.93. The molecule has 0 saturated carbocycles. The second kappa shape index (κ2) is 7.52. The van der Waals surface area contributed by atoms with Gasteiger partial charge in [-0.3, -0.25) is 10.1 Å². The standard InChI is InChI=1S/C18H12F5N5OS/c19-11-5-10(6-12(20)7-11)14-9-27(26-25-14)3-4-28-15-2-1-13(29-18(21,22)23)8-16(15)30-17(28)24/h1-2,5-9,24H,3-4H2. The quantitative estimate of drug-likeness (QED) is 0.469. The van der Waals surface area contributed by atoms with Crippen LogP contribution in [-0.2, 0) is 13.1 Å². The lowest BCUT2D eigenvalue weighted by molar-refractivity contribution is -0.274. The van der Waals surface area contributed by atoms with Gasteiger partial charge in [-0.2, -0.15) is 0 Å². The normalized spacial score (nSPS) is 11.9. The maximum atomic E-state index is 13.4. The summed E-state index contributed by atoms with van der Waals surface area (Å²) < 4.78 is 71.4. The van der Waals surface area contributed by atoms with E-state index >= 15 is 0 Å². The van der Waals surface area contributed by atoms with Crippen LogP contribution in [0.2, 0.25) is 0 Å². The van der Waals surface area contributed by atoms with Gasteiger partial charge in [0, 0.05) is 18.2 Å².